The van der Waals surface area contributed by atoms with E-state index < -0.39 is 5.97 Å². The van der Waals surface area contributed by atoms with Crippen molar-refractivity contribution in [3.63, 3.8) is 0 Å². The molecule has 0 saturated carbocycles. The molecule has 0 atom stereocenters. The fraction of sp³-hybridized carbons (Fsp3) is 0.316. The van der Waals surface area contributed by atoms with Gasteiger partial charge in [-0.15, -0.1) is 0 Å². The monoisotopic (exact) mass is 380 g/mol. The summed E-state index contributed by atoms with van der Waals surface area (Å²) in [6.45, 7) is 1.70. The van der Waals surface area contributed by atoms with Crippen LogP contribution in [0.4, 0.5) is 0 Å². The van der Waals surface area contributed by atoms with Crippen molar-refractivity contribution in [1.29, 1.82) is 0 Å². The first-order valence-electron chi connectivity index (χ1n) is 7.82. The number of rotatable bonds is 8. The normalized spacial score (nSPS) is 10.2. The van der Waals surface area contributed by atoms with Gasteiger partial charge in [-0.3, -0.25) is 0 Å². The Kier molecular flexibility index (Phi) is 6.97. The number of hydrogen-bond donors (Lipinski definition) is 0. The van der Waals surface area contributed by atoms with E-state index in [0.717, 1.165) is 5.56 Å². The number of methoxy groups -OCH3 is 3. The van der Waals surface area contributed by atoms with Crippen molar-refractivity contribution in [2.75, 3.05) is 27.9 Å². The topological polar surface area (TPSA) is 63.2 Å². The highest BCUT2D eigenvalue weighted by Crippen LogP contribution is 2.38. The second-order valence-corrected chi connectivity index (χ2v) is 5.83. The van der Waals surface area contributed by atoms with Crippen molar-refractivity contribution >= 4 is 17.6 Å². The maximum Gasteiger partial charge on any atom is 0.344 e. The van der Waals surface area contributed by atoms with Crippen LogP contribution in [0.2, 0.25) is 5.02 Å². The predicted octanol–water partition coefficient (Wildman–Crippen LogP) is 3.80. The van der Waals surface area contributed by atoms with Crippen LogP contribution in [0.3, 0.4) is 0 Å². The summed E-state index contributed by atoms with van der Waals surface area (Å²) in [4.78, 5) is 11.9. The smallest absolute Gasteiger partial charge is 0.344 e. The summed E-state index contributed by atoms with van der Waals surface area (Å²) in [5, 5.41) is 0.611. The average molecular weight is 381 g/mol. The van der Waals surface area contributed by atoms with Crippen molar-refractivity contribution in [3.8, 4) is 23.0 Å². The molecular formula is C19H21ClO6. The molecule has 0 aliphatic carbocycles. The molecule has 2 rings (SSSR count). The Morgan fingerprint density at radius 3 is 2.15 bits per heavy atom. The van der Waals surface area contributed by atoms with Gasteiger partial charge in [0, 0.05) is 5.02 Å². The molecule has 6 nitrogen and oxygen atoms in total. The Morgan fingerprint density at radius 1 is 0.962 bits per heavy atom. The lowest BCUT2D eigenvalue weighted by Crippen LogP contribution is -2.15. The van der Waals surface area contributed by atoms with E-state index in [9.17, 15) is 4.79 Å². The lowest BCUT2D eigenvalue weighted by atomic mass is 10.2. The fourth-order valence-electron chi connectivity index (χ4n) is 2.34. The van der Waals surface area contributed by atoms with E-state index >= 15 is 0 Å². The van der Waals surface area contributed by atoms with Crippen molar-refractivity contribution in [1.82, 2.24) is 0 Å². The number of carbonyl (C=O) groups is 1. The van der Waals surface area contributed by atoms with Crippen molar-refractivity contribution in [3.05, 3.63) is 46.5 Å². The zero-order chi connectivity index (χ0) is 19.1. The lowest BCUT2D eigenvalue weighted by molar-refractivity contribution is -0.147. The number of benzene rings is 2. The minimum absolute atomic E-state index is 0.0541. The molecule has 0 aliphatic rings. The van der Waals surface area contributed by atoms with Gasteiger partial charge in [-0.25, -0.2) is 4.79 Å². The summed E-state index contributed by atoms with van der Waals surface area (Å²) in [6, 6.07) is 8.62. The zero-order valence-electron chi connectivity index (χ0n) is 15.1. The minimum atomic E-state index is -0.492. The van der Waals surface area contributed by atoms with Gasteiger partial charge < -0.3 is 23.7 Å². The van der Waals surface area contributed by atoms with E-state index in [-0.39, 0.29) is 13.2 Å². The summed E-state index contributed by atoms with van der Waals surface area (Å²) in [5.41, 5.74) is 1.55. The molecule has 0 saturated heterocycles. The second-order valence-electron chi connectivity index (χ2n) is 5.39. The van der Waals surface area contributed by atoms with Gasteiger partial charge in [-0.2, -0.15) is 0 Å². The van der Waals surface area contributed by atoms with Crippen LogP contribution in [0.25, 0.3) is 0 Å². The third-order valence-electron chi connectivity index (χ3n) is 3.61. The van der Waals surface area contributed by atoms with Crippen LogP contribution >= 0.6 is 11.6 Å². The maximum absolute atomic E-state index is 11.9. The Hall–Kier alpha value is -2.60. The highest BCUT2D eigenvalue weighted by molar-refractivity contribution is 6.30. The third-order valence-corrected chi connectivity index (χ3v) is 3.84. The molecule has 7 heteroatoms. The average Bonchev–Trinajstić information content (AvgIpc) is 2.64. The molecule has 0 fully saturated rings. The van der Waals surface area contributed by atoms with Crippen molar-refractivity contribution in [2.45, 2.75) is 13.5 Å². The quantitative estimate of drug-likeness (QED) is 0.649. The summed E-state index contributed by atoms with van der Waals surface area (Å²) in [7, 11) is 4.57. The Bertz CT molecular complexity index is 750. The summed E-state index contributed by atoms with van der Waals surface area (Å²) >= 11 is 5.89. The number of esters is 1. The zero-order valence-corrected chi connectivity index (χ0v) is 15.9. The maximum atomic E-state index is 11.9. The summed E-state index contributed by atoms with van der Waals surface area (Å²) in [6.07, 6.45) is 0. The second kappa shape index (κ2) is 9.20. The molecule has 0 spiro atoms. The molecule has 0 amide bonds. The highest BCUT2D eigenvalue weighted by Gasteiger charge is 2.14. The van der Waals surface area contributed by atoms with Crippen molar-refractivity contribution in [2.24, 2.45) is 0 Å². The first-order valence-corrected chi connectivity index (χ1v) is 8.19. The van der Waals surface area contributed by atoms with E-state index in [2.05, 4.69) is 0 Å². The number of carbonyl (C=O) groups excluding carboxylic acids is 1. The fourth-order valence-corrected chi connectivity index (χ4v) is 2.56. The minimum Gasteiger partial charge on any atom is -0.493 e. The molecule has 140 valence electrons. The van der Waals surface area contributed by atoms with Crippen molar-refractivity contribution < 1.29 is 28.5 Å². The molecule has 0 unspecified atom stereocenters. The lowest BCUT2D eigenvalue weighted by Gasteiger charge is -2.14. The van der Waals surface area contributed by atoms with E-state index in [4.69, 9.17) is 35.3 Å². The molecule has 0 heterocycles. The van der Waals surface area contributed by atoms with Gasteiger partial charge in [0.1, 0.15) is 12.4 Å². The van der Waals surface area contributed by atoms with Gasteiger partial charge in [0.15, 0.2) is 18.1 Å². The molecule has 0 aliphatic heterocycles. The van der Waals surface area contributed by atoms with Crippen LogP contribution in [0.15, 0.2) is 30.3 Å². The standard InChI is InChI=1S/C19H21ClO6/c1-12-7-14(20)5-6-15(12)25-11-18(21)26-10-13-8-16(22-2)19(24-4)17(9-13)23-3/h5-9H,10-11H2,1-4H3. The van der Waals surface area contributed by atoms with Gasteiger partial charge in [0.25, 0.3) is 0 Å². The third kappa shape index (κ3) is 4.95. The summed E-state index contributed by atoms with van der Waals surface area (Å²) in [5.74, 6) is 1.55. The Balaban J connectivity index is 1.96. The Labute approximate surface area is 157 Å². The van der Waals surface area contributed by atoms with E-state index in [1.165, 1.54) is 21.3 Å². The molecule has 0 aromatic heterocycles. The van der Waals surface area contributed by atoms with Gasteiger partial charge in [-0.05, 0) is 48.4 Å². The van der Waals surface area contributed by atoms with Gasteiger partial charge >= 0.3 is 5.97 Å². The van der Waals surface area contributed by atoms with Crippen LogP contribution in [0, 0.1) is 6.92 Å². The van der Waals surface area contributed by atoms with Crippen LogP contribution in [0.1, 0.15) is 11.1 Å². The summed E-state index contributed by atoms with van der Waals surface area (Å²) < 4.78 is 26.5. The molecule has 26 heavy (non-hydrogen) atoms. The largest absolute Gasteiger partial charge is 0.493 e. The molecule has 2 aromatic carbocycles. The SMILES string of the molecule is COc1cc(COC(=O)COc2ccc(Cl)cc2C)cc(OC)c1OC. The van der Waals surface area contributed by atoms with E-state index in [0.29, 0.717) is 33.6 Å². The van der Waals surface area contributed by atoms with Crippen LogP contribution in [-0.2, 0) is 16.1 Å². The van der Waals surface area contributed by atoms with Gasteiger partial charge in [-0.1, -0.05) is 11.6 Å². The number of halogens is 1. The molecule has 0 bridgehead atoms. The number of aryl methyl sites for hydroxylation is 1. The van der Waals surface area contributed by atoms with E-state index in [1.54, 1.807) is 30.3 Å². The van der Waals surface area contributed by atoms with Crippen LogP contribution in [0.5, 0.6) is 23.0 Å². The first kappa shape index (κ1) is 19.7. The van der Waals surface area contributed by atoms with Crippen LogP contribution in [-0.4, -0.2) is 33.9 Å². The molecule has 0 radical (unpaired) electrons. The van der Waals surface area contributed by atoms with Gasteiger partial charge in [0.2, 0.25) is 5.75 Å². The van der Waals surface area contributed by atoms with Crippen LogP contribution < -0.4 is 18.9 Å². The van der Waals surface area contributed by atoms with Gasteiger partial charge in [0.05, 0.1) is 21.3 Å². The highest BCUT2D eigenvalue weighted by atomic mass is 35.5. The first-order chi connectivity index (χ1) is 12.5. The molecule has 0 N–H and O–H groups in total. The Morgan fingerprint density at radius 2 is 1.62 bits per heavy atom. The predicted molar refractivity (Wildman–Crippen MR) is 97.6 cm³/mol. The molecular weight excluding hydrogens is 360 g/mol. The molecule has 2 aromatic rings. The number of hydrogen-bond acceptors (Lipinski definition) is 6. The van der Waals surface area contributed by atoms with E-state index in [1.807, 2.05) is 6.92 Å². The number of ether oxygens (including phenoxy) is 5.